The van der Waals surface area contributed by atoms with Gasteiger partial charge in [0.25, 0.3) is 0 Å². The first kappa shape index (κ1) is 15.0. The summed E-state index contributed by atoms with van der Waals surface area (Å²) in [4.78, 5) is 14.1. The molecule has 0 aliphatic carbocycles. The number of β-amino-alcohol motifs (C(OH)–C–C–N with tert-alkyl or cyclic N) is 1. The molecule has 0 spiro atoms. The van der Waals surface area contributed by atoms with Gasteiger partial charge in [-0.1, -0.05) is 18.2 Å². The molecule has 1 aromatic carbocycles. The van der Waals surface area contributed by atoms with E-state index in [4.69, 9.17) is 4.74 Å². The number of methoxy groups -OCH3 is 1. The predicted octanol–water partition coefficient (Wildman–Crippen LogP) is -0.386. The van der Waals surface area contributed by atoms with Gasteiger partial charge in [-0.25, -0.2) is 0 Å². The number of carbonyl (C=O) groups excluding carboxylic acids is 1. The molecule has 6 heteroatoms. The lowest BCUT2D eigenvalue weighted by Crippen LogP contribution is -2.48. The van der Waals surface area contributed by atoms with Crippen molar-refractivity contribution in [1.82, 2.24) is 10.2 Å². The van der Waals surface area contributed by atoms with E-state index in [1.54, 1.807) is 12.0 Å². The van der Waals surface area contributed by atoms with Crippen molar-refractivity contribution in [2.24, 2.45) is 0 Å². The van der Waals surface area contributed by atoms with Gasteiger partial charge in [0.2, 0.25) is 5.91 Å². The zero-order valence-electron chi connectivity index (χ0n) is 12.4. The van der Waals surface area contributed by atoms with Crippen LogP contribution in [0, 0.1) is 0 Å². The highest BCUT2D eigenvalue weighted by molar-refractivity contribution is 5.87. The standard InChI is InChI=1S/C16H20N2O4/c1-22-12-4-2-3-10(7-12)11-5-6-18(9-11)16(21)14-15(20)13(19)8-17-14/h2-5,7,13-15,17,19-20H,6,8-9H2,1H3/t13-,14-,15-/m1/s1. The fourth-order valence-electron chi connectivity index (χ4n) is 2.90. The lowest BCUT2D eigenvalue weighted by atomic mass is 10.1. The van der Waals surface area contributed by atoms with Crippen LogP contribution in [0.5, 0.6) is 5.75 Å². The number of amides is 1. The van der Waals surface area contributed by atoms with E-state index in [9.17, 15) is 15.0 Å². The van der Waals surface area contributed by atoms with Gasteiger partial charge < -0.3 is 25.2 Å². The second-order valence-electron chi connectivity index (χ2n) is 5.62. The van der Waals surface area contributed by atoms with E-state index in [-0.39, 0.29) is 12.5 Å². The lowest BCUT2D eigenvalue weighted by Gasteiger charge is -2.23. The molecule has 2 aliphatic rings. The monoisotopic (exact) mass is 304 g/mol. The summed E-state index contributed by atoms with van der Waals surface area (Å²) < 4.78 is 5.22. The van der Waals surface area contributed by atoms with Crippen LogP contribution in [-0.2, 0) is 4.79 Å². The van der Waals surface area contributed by atoms with Crippen molar-refractivity contribution in [3.05, 3.63) is 35.9 Å². The maximum Gasteiger partial charge on any atom is 0.243 e. The third kappa shape index (κ3) is 2.72. The van der Waals surface area contributed by atoms with Crippen LogP contribution in [0.2, 0.25) is 0 Å². The Bertz CT molecular complexity index is 602. The zero-order chi connectivity index (χ0) is 15.7. The number of carbonyl (C=O) groups is 1. The van der Waals surface area contributed by atoms with E-state index in [2.05, 4.69) is 5.32 Å². The fourth-order valence-corrected chi connectivity index (χ4v) is 2.90. The Hall–Kier alpha value is -1.89. The Kier molecular flexibility index (Phi) is 4.15. The normalized spacial score (nSPS) is 27.9. The van der Waals surface area contributed by atoms with Crippen LogP contribution >= 0.6 is 0 Å². The molecule has 0 radical (unpaired) electrons. The van der Waals surface area contributed by atoms with Crippen molar-refractivity contribution in [3.63, 3.8) is 0 Å². The number of ether oxygens (including phenoxy) is 1. The molecule has 1 saturated heterocycles. The van der Waals surface area contributed by atoms with Crippen molar-refractivity contribution in [2.45, 2.75) is 18.2 Å². The minimum atomic E-state index is -1.05. The maximum absolute atomic E-state index is 12.4. The molecular weight excluding hydrogens is 284 g/mol. The molecule has 0 unspecified atom stereocenters. The molecule has 0 bridgehead atoms. The van der Waals surface area contributed by atoms with Gasteiger partial charge in [0.15, 0.2) is 0 Å². The predicted molar refractivity (Wildman–Crippen MR) is 81.4 cm³/mol. The number of nitrogens with zero attached hydrogens (tertiary/aromatic N) is 1. The largest absolute Gasteiger partial charge is 0.497 e. The molecule has 118 valence electrons. The molecule has 1 aromatic rings. The highest BCUT2D eigenvalue weighted by Gasteiger charge is 2.40. The van der Waals surface area contributed by atoms with E-state index < -0.39 is 18.2 Å². The first-order valence-electron chi connectivity index (χ1n) is 7.32. The molecule has 3 rings (SSSR count). The molecule has 22 heavy (non-hydrogen) atoms. The third-order valence-electron chi connectivity index (χ3n) is 4.22. The van der Waals surface area contributed by atoms with Gasteiger partial charge >= 0.3 is 0 Å². The first-order chi connectivity index (χ1) is 10.6. The van der Waals surface area contributed by atoms with E-state index in [1.165, 1.54) is 0 Å². The van der Waals surface area contributed by atoms with Crippen molar-refractivity contribution >= 4 is 11.5 Å². The number of aliphatic hydroxyl groups is 2. The second-order valence-corrected chi connectivity index (χ2v) is 5.62. The molecule has 1 fully saturated rings. The molecular formula is C16H20N2O4. The van der Waals surface area contributed by atoms with Crippen LogP contribution in [0.15, 0.2) is 30.3 Å². The Balaban J connectivity index is 1.67. The fraction of sp³-hybridized carbons (Fsp3) is 0.438. The van der Waals surface area contributed by atoms with Crippen LogP contribution in [-0.4, -0.2) is 66.0 Å². The highest BCUT2D eigenvalue weighted by atomic mass is 16.5. The SMILES string of the molecule is COc1cccc(C2=CCN(C(=O)[C@@H]3NC[C@@H](O)[C@H]3O)C2)c1. The topological polar surface area (TPSA) is 82.0 Å². The first-order valence-corrected chi connectivity index (χ1v) is 7.32. The van der Waals surface area contributed by atoms with Gasteiger partial charge in [0.1, 0.15) is 17.9 Å². The van der Waals surface area contributed by atoms with Crippen LogP contribution < -0.4 is 10.1 Å². The highest BCUT2D eigenvalue weighted by Crippen LogP contribution is 2.25. The number of hydrogen-bond acceptors (Lipinski definition) is 5. The summed E-state index contributed by atoms with van der Waals surface area (Å²) in [5.41, 5.74) is 2.08. The van der Waals surface area contributed by atoms with Crippen molar-refractivity contribution in [1.29, 1.82) is 0 Å². The third-order valence-corrected chi connectivity index (χ3v) is 4.22. The molecule has 0 aromatic heterocycles. The van der Waals surface area contributed by atoms with Crippen LogP contribution in [0.25, 0.3) is 5.57 Å². The van der Waals surface area contributed by atoms with Gasteiger partial charge in [-0.2, -0.15) is 0 Å². The van der Waals surface area contributed by atoms with Gasteiger partial charge in [-0.05, 0) is 23.3 Å². The molecule has 6 nitrogen and oxygen atoms in total. The number of hydrogen-bond donors (Lipinski definition) is 3. The van der Waals surface area contributed by atoms with E-state index >= 15 is 0 Å². The van der Waals surface area contributed by atoms with Crippen molar-refractivity contribution in [3.8, 4) is 5.75 Å². The lowest BCUT2D eigenvalue weighted by molar-refractivity contribution is -0.134. The van der Waals surface area contributed by atoms with Gasteiger partial charge in [0.05, 0.1) is 13.2 Å². The molecule has 3 N–H and O–H groups in total. The summed E-state index contributed by atoms with van der Waals surface area (Å²) in [7, 11) is 1.62. The zero-order valence-corrected chi connectivity index (χ0v) is 12.4. The van der Waals surface area contributed by atoms with Gasteiger partial charge in [-0.15, -0.1) is 0 Å². The number of benzene rings is 1. The van der Waals surface area contributed by atoms with Crippen LogP contribution in [0.3, 0.4) is 0 Å². The number of aliphatic hydroxyl groups excluding tert-OH is 2. The summed E-state index contributed by atoms with van der Waals surface area (Å²) in [6.07, 6.45) is 0.0699. The number of rotatable bonds is 3. The van der Waals surface area contributed by atoms with Crippen LogP contribution in [0.4, 0.5) is 0 Å². The minimum absolute atomic E-state index is 0.182. The summed E-state index contributed by atoms with van der Waals surface area (Å²) in [6, 6.07) is 6.98. The Labute approximate surface area is 129 Å². The van der Waals surface area contributed by atoms with Crippen molar-refractivity contribution < 1.29 is 19.7 Å². The Morgan fingerprint density at radius 1 is 1.41 bits per heavy atom. The summed E-state index contributed by atoms with van der Waals surface area (Å²) in [5.74, 6) is 0.595. The van der Waals surface area contributed by atoms with E-state index in [0.29, 0.717) is 13.1 Å². The Morgan fingerprint density at radius 3 is 2.91 bits per heavy atom. The average molecular weight is 304 g/mol. The minimum Gasteiger partial charge on any atom is -0.497 e. The van der Waals surface area contributed by atoms with Gasteiger partial charge in [-0.3, -0.25) is 4.79 Å². The Morgan fingerprint density at radius 2 is 2.23 bits per heavy atom. The molecule has 2 aliphatic heterocycles. The maximum atomic E-state index is 12.4. The van der Waals surface area contributed by atoms with Crippen molar-refractivity contribution in [2.75, 3.05) is 26.7 Å². The van der Waals surface area contributed by atoms with E-state index in [0.717, 1.165) is 16.9 Å². The quantitative estimate of drug-likeness (QED) is 0.709. The number of nitrogens with one attached hydrogen (secondary N) is 1. The molecule has 2 heterocycles. The summed E-state index contributed by atoms with van der Waals surface area (Å²) in [5, 5.41) is 22.3. The smallest absolute Gasteiger partial charge is 0.243 e. The molecule has 1 amide bonds. The van der Waals surface area contributed by atoms with E-state index in [1.807, 2.05) is 30.3 Å². The second kappa shape index (κ2) is 6.08. The molecule has 0 saturated carbocycles. The van der Waals surface area contributed by atoms with Crippen LogP contribution in [0.1, 0.15) is 5.56 Å². The summed E-state index contributed by atoms with van der Waals surface area (Å²) >= 11 is 0. The average Bonchev–Trinajstić information content (AvgIpc) is 3.15. The molecule has 3 atom stereocenters. The summed E-state index contributed by atoms with van der Waals surface area (Å²) in [6.45, 7) is 1.24. The van der Waals surface area contributed by atoms with Gasteiger partial charge in [0, 0.05) is 19.6 Å².